The van der Waals surface area contributed by atoms with Crippen molar-refractivity contribution in [2.45, 2.75) is 0 Å². The topological polar surface area (TPSA) is 90.2 Å². The lowest BCUT2D eigenvalue weighted by atomic mass is 9.99. The van der Waals surface area contributed by atoms with E-state index in [1.807, 2.05) is 104 Å². The van der Waals surface area contributed by atoms with Crippen LogP contribution in [0.1, 0.15) is 0 Å². The van der Waals surface area contributed by atoms with Gasteiger partial charge in [0.15, 0.2) is 0 Å². The van der Waals surface area contributed by atoms with Crippen LogP contribution in [-0.2, 0) is 0 Å². The summed E-state index contributed by atoms with van der Waals surface area (Å²) in [5.74, 6) is 0. The Morgan fingerprint density at radius 1 is 0.109 bits per heavy atom. The summed E-state index contributed by atoms with van der Waals surface area (Å²) >= 11 is 0. The Labute approximate surface area is 634 Å². The second kappa shape index (κ2) is 30.7. The van der Waals surface area contributed by atoms with E-state index in [-0.39, 0.29) is 0 Å². The zero-order chi connectivity index (χ0) is 73.4. The Bertz CT molecular complexity index is 6710. The first-order valence-electron chi connectivity index (χ1n) is 36.9. The van der Waals surface area contributed by atoms with Gasteiger partial charge in [-0.3, -0.25) is 34.9 Å². The van der Waals surface area contributed by atoms with Crippen LogP contribution in [0.3, 0.4) is 0 Å². The summed E-state index contributed by atoms with van der Waals surface area (Å²) in [4.78, 5) is 30.8. The lowest BCUT2D eigenvalue weighted by Gasteiger charge is -2.06. The van der Waals surface area contributed by atoms with Gasteiger partial charge in [0.05, 0.1) is 38.6 Å². The summed E-state index contributed by atoms with van der Waals surface area (Å²) < 4.78 is 0. The van der Waals surface area contributed by atoms with Gasteiger partial charge in [-0.15, -0.1) is 0 Å². The van der Waals surface area contributed by atoms with Gasteiger partial charge in [-0.05, 0) is 195 Å². The summed E-state index contributed by atoms with van der Waals surface area (Å²) in [6.45, 7) is 0. The molecule has 7 heterocycles. The van der Waals surface area contributed by atoms with Gasteiger partial charge in [-0.25, -0.2) is 0 Å². The Morgan fingerprint density at radius 3 is 0.945 bits per heavy atom. The molecule has 0 fully saturated rings. The molecule has 0 spiro atoms. The smallest absolute Gasteiger partial charge is 0.0780 e. The molecule has 0 atom stereocenters. The number of benzene rings is 17. The molecule has 0 bridgehead atoms. The van der Waals surface area contributed by atoms with Crippen molar-refractivity contribution in [2.24, 2.45) is 0 Å². The molecule has 0 saturated carbocycles. The van der Waals surface area contributed by atoms with E-state index in [4.69, 9.17) is 0 Å². The predicted octanol–water partition coefficient (Wildman–Crippen LogP) is 27.2. The van der Waals surface area contributed by atoms with Crippen molar-refractivity contribution >= 4 is 184 Å². The van der Waals surface area contributed by atoms with E-state index < -0.39 is 0 Å². The largest absolute Gasteiger partial charge is 0.256 e. The minimum absolute atomic E-state index is 1.06. The van der Waals surface area contributed by atoms with Gasteiger partial charge in [-0.1, -0.05) is 273 Å². The number of rotatable bonds is 0. The Hall–Kier alpha value is -14.8. The first-order chi connectivity index (χ1) is 54.5. The van der Waals surface area contributed by atoms with Crippen molar-refractivity contribution in [3.05, 3.63) is 419 Å². The fourth-order valence-corrected chi connectivity index (χ4v) is 14.9. The van der Waals surface area contributed by atoms with E-state index in [9.17, 15) is 0 Å². The van der Waals surface area contributed by atoms with Crippen LogP contribution in [0.5, 0.6) is 0 Å². The van der Waals surface area contributed by atoms with E-state index in [0.717, 1.165) is 38.6 Å². The van der Waals surface area contributed by atoms with Crippen molar-refractivity contribution in [3.63, 3.8) is 0 Å². The molecule has 0 amide bonds. The standard InChI is InChI=1S/4C17H11N.2C13H9N.C9H7N/c1-2-6-14-12(4-1)7-10-16-15(14)9-8-13-5-3-11-18-17(13)16;1-2-5-13-12(4-1)7-8-15-14(13)9-10-17-16(15)6-3-11-18-17;1-2-5-14-11-16-15(10-13(14)4-1)8-7-12-6-3-9-18-17(12)16;1-2-5-13-9-16-11-17-14(6-3-7-18-17)10-15(16)8-12(13)4-1;1-2-6-12-10(4-1)7-8-11-5-3-9-14-13(11)12;1-2-5-11-9-13-12(6-3-7-14-13)8-10(11)4-1;1-2-6-9-8(4-1)5-3-7-10-9/h4*1-11H;2*1-9H;1-7H. The third kappa shape index (κ3) is 14.1. The van der Waals surface area contributed by atoms with Crippen LogP contribution < -0.4 is 0 Å². The first kappa shape index (κ1) is 67.1. The molecule has 0 N–H and O–H groups in total. The highest BCUT2D eigenvalue weighted by molar-refractivity contribution is 6.18. The second-order valence-electron chi connectivity index (χ2n) is 27.1. The van der Waals surface area contributed by atoms with Crippen molar-refractivity contribution in [3.8, 4) is 0 Å². The van der Waals surface area contributed by atoms with Gasteiger partial charge < -0.3 is 0 Å². The van der Waals surface area contributed by atoms with Gasteiger partial charge in [0.2, 0.25) is 0 Å². The SMILES string of the molecule is c1ccc2c(c1)ccc1c2ccc2cccnc21.c1ccc2c(c1)ccc1c3cccnc3ccc21.c1ccc2c(c1)ccc1cccnc12.c1ccc2cc3c(ccc4cccnc43)cc2c1.c1ccc2cc3cc4ncccc4cc3cc2c1.c1ccc2cc3ncccc3cc2c1.c1ccc2ncccc2c1. The highest BCUT2D eigenvalue weighted by Gasteiger charge is 2.09. The fourth-order valence-electron chi connectivity index (χ4n) is 14.9. The van der Waals surface area contributed by atoms with Crippen LogP contribution in [0.15, 0.2) is 419 Å². The van der Waals surface area contributed by atoms with Gasteiger partial charge in [0.1, 0.15) is 0 Å². The average molecular weight is 1400 g/mol. The third-order valence-electron chi connectivity index (χ3n) is 20.4. The first-order valence-corrected chi connectivity index (χ1v) is 36.9. The van der Waals surface area contributed by atoms with Crippen LogP contribution in [0, 0.1) is 0 Å². The molecule has 0 saturated heterocycles. The van der Waals surface area contributed by atoms with Crippen LogP contribution in [-0.4, -0.2) is 34.9 Å². The molecule has 0 unspecified atom stereocenters. The van der Waals surface area contributed by atoms with Crippen molar-refractivity contribution in [1.82, 2.24) is 34.9 Å². The molecule has 0 aliphatic heterocycles. The zero-order valence-corrected chi connectivity index (χ0v) is 60.0. The third-order valence-corrected chi connectivity index (χ3v) is 20.4. The zero-order valence-electron chi connectivity index (χ0n) is 60.0. The van der Waals surface area contributed by atoms with E-state index in [1.165, 1.54) is 145 Å². The molecule has 7 nitrogen and oxygen atoms in total. The Kier molecular flexibility index (Phi) is 18.7. The maximum absolute atomic E-state index is 4.52. The average Bonchev–Trinajstić information content (AvgIpc) is 0.771. The highest BCUT2D eigenvalue weighted by atomic mass is 14.7. The van der Waals surface area contributed by atoms with Gasteiger partial charge in [0, 0.05) is 97.2 Å². The summed E-state index contributed by atoms with van der Waals surface area (Å²) in [5.41, 5.74) is 7.49. The molecular formula is C103H69N7. The van der Waals surface area contributed by atoms with Gasteiger partial charge >= 0.3 is 0 Å². The number of hydrogen-bond acceptors (Lipinski definition) is 7. The highest BCUT2D eigenvalue weighted by Crippen LogP contribution is 2.34. The van der Waals surface area contributed by atoms with Crippen molar-refractivity contribution in [1.29, 1.82) is 0 Å². The maximum Gasteiger partial charge on any atom is 0.0780 e. The molecule has 0 aliphatic rings. The minimum atomic E-state index is 1.06. The number of fused-ring (bicyclic) bond motifs is 23. The summed E-state index contributed by atoms with van der Waals surface area (Å²) in [6, 6.07) is 131. The number of aromatic nitrogens is 7. The van der Waals surface area contributed by atoms with Crippen LogP contribution in [0.25, 0.3) is 184 Å². The number of para-hydroxylation sites is 1. The fraction of sp³-hybridized carbons (Fsp3) is 0. The molecule has 24 rings (SSSR count). The molecular weight excluding hydrogens is 1340 g/mol. The van der Waals surface area contributed by atoms with E-state index in [2.05, 4.69) is 350 Å². The summed E-state index contributed by atoms with van der Waals surface area (Å²) in [6.07, 6.45) is 12.9. The molecule has 0 aliphatic carbocycles. The quantitative estimate of drug-likeness (QED) is 0.110. The lowest BCUT2D eigenvalue weighted by molar-refractivity contribution is 1.41. The molecule has 24 aromatic rings. The maximum atomic E-state index is 4.52. The van der Waals surface area contributed by atoms with Gasteiger partial charge in [0.25, 0.3) is 0 Å². The Morgan fingerprint density at radius 2 is 0.391 bits per heavy atom. The number of nitrogens with zero attached hydrogens (tertiary/aromatic N) is 7. The van der Waals surface area contributed by atoms with Gasteiger partial charge in [-0.2, -0.15) is 0 Å². The molecule has 110 heavy (non-hydrogen) atoms. The van der Waals surface area contributed by atoms with E-state index >= 15 is 0 Å². The minimum Gasteiger partial charge on any atom is -0.256 e. The van der Waals surface area contributed by atoms with Crippen molar-refractivity contribution in [2.75, 3.05) is 0 Å². The molecule has 7 aromatic heterocycles. The van der Waals surface area contributed by atoms with Crippen LogP contribution >= 0.6 is 0 Å². The summed E-state index contributed by atoms with van der Waals surface area (Å²) in [7, 11) is 0. The van der Waals surface area contributed by atoms with E-state index in [0.29, 0.717) is 0 Å². The Balaban J connectivity index is 0.0000000907. The number of hydrogen-bond donors (Lipinski definition) is 0. The monoisotopic (exact) mass is 1400 g/mol. The molecule has 17 aromatic carbocycles. The van der Waals surface area contributed by atoms with Crippen LogP contribution in [0.2, 0.25) is 0 Å². The van der Waals surface area contributed by atoms with Crippen molar-refractivity contribution < 1.29 is 0 Å². The normalized spacial score (nSPS) is 11.1. The van der Waals surface area contributed by atoms with E-state index in [1.54, 1.807) is 0 Å². The predicted molar refractivity (Wildman–Crippen MR) is 467 cm³/mol. The summed E-state index contributed by atoms with van der Waals surface area (Å²) in [5, 5.41) is 33.8. The second-order valence-corrected chi connectivity index (χ2v) is 27.1. The lowest BCUT2D eigenvalue weighted by Crippen LogP contribution is -1.82. The molecule has 0 radical (unpaired) electrons. The number of pyridine rings is 7. The van der Waals surface area contributed by atoms with Crippen LogP contribution in [0.4, 0.5) is 0 Å². The molecule has 516 valence electrons. The molecule has 7 heteroatoms.